The number of nitrogens with zero attached hydrogens (tertiary/aromatic N) is 8. The molecule has 0 aromatic carbocycles. The molecule has 0 unspecified atom stereocenters. The van der Waals surface area contributed by atoms with Crippen LogP contribution in [0.2, 0.25) is 0 Å². The number of aryl methyl sites for hydroxylation is 1. The molecule has 0 bridgehead atoms. The molecule has 4 aromatic heterocycles. The van der Waals surface area contributed by atoms with Crippen molar-refractivity contribution in [2.45, 2.75) is 0 Å². The minimum atomic E-state index is -0.287. The zero-order chi connectivity index (χ0) is 23.7. The third kappa shape index (κ3) is 3.95. The zero-order valence-corrected chi connectivity index (χ0v) is 18.7. The van der Waals surface area contributed by atoms with E-state index >= 15 is 0 Å². The molecule has 170 valence electrons. The zero-order valence-electron chi connectivity index (χ0n) is 18.7. The molecule has 4 aromatic rings. The molecule has 0 radical (unpaired) electrons. The predicted octanol–water partition coefficient (Wildman–Crippen LogP) is 2.45. The largest absolute Gasteiger partial charge is 0.367 e. The Bertz CT molecular complexity index is 1400. The lowest BCUT2D eigenvalue weighted by Crippen LogP contribution is -2.46. The van der Waals surface area contributed by atoms with Crippen molar-refractivity contribution < 1.29 is 4.79 Å². The number of carbonyl (C=O) groups is 1. The van der Waals surface area contributed by atoms with Gasteiger partial charge in [-0.2, -0.15) is 15.5 Å². The van der Waals surface area contributed by atoms with Crippen LogP contribution in [0.5, 0.6) is 0 Å². The second kappa shape index (κ2) is 8.71. The summed E-state index contributed by atoms with van der Waals surface area (Å²) in [6.07, 6.45) is 10.3. The van der Waals surface area contributed by atoms with Crippen molar-refractivity contribution in [2.75, 3.05) is 41.3 Å². The predicted molar refractivity (Wildman–Crippen MR) is 130 cm³/mol. The van der Waals surface area contributed by atoms with Gasteiger partial charge in [0.1, 0.15) is 17.4 Å². The molecule has 34 heavy (non-hydrogen) atoms. The van der Waals surface area contributed by atoms with E-state index in [1.54, 1.807) is 27.7 Å². The number of hydrogen-bond donors (Lipinski definition) is 1. The van der Waals surface area contributed by atoms with Gasteiger partial charge in [0.05, 0.1) is 35.5 Å². The summed E-state index contributed by atoms with van der Waals surface area (Å²) < 4.78 is 3.55. The second-order valence-electron chi connectivity index (χ2n) is 8.05. The molecule has 1 saturated heterocycles. The number of carbonyl (C=O) groups excluding carboxylic acids is 1. The number of nitriles is 1. The van der Waals surface area contributed by atoms with Crippen LogP contribution in [0.3, 0.4) is 0 Å². The van der Waals surface area contributed by atoms with E-state index in [-0.39, 0.29) is 5.91 Å². The summed E-state index contributed by atoms with van der Waals surface area (Å²) in [5, 5.41) is 21.0. The van der Waals surface area contributed by atoms with Gasteiger partial charge in [-0.15, -0.1) is 0 Å². The summed E-state index contributed by atoms with van der Waals surface area (Å²) in [5.74, 6) is 0.206. The van der Waals surface area contributed by atoms with Crippen LogP contribution in [0.25, 0.3) is 16.6 Å². The van der Waals surface area contributed by atoms with Crippen LogP contribution in [-0.4, -0.2) is 56.5 Å². The third-order valence-corrected chi connectivity index (χ3v) is 5.92. The van der Waals surface area contributed by atoms with Gasteiger partial charge in [0.2, 0.25) is 5.91 Å². The topological polar surface area (TPSA) is 107 Å². The van der Waals surface area contributed by atoms with Gasteiger partial charge in [0, 0.05) is 56.7 Å². The van der Waals surface area contributed by atoms with Crippen LogP contribution in [0.1, 0.15) is 5.56 Å². The Morgan fingerprint density at radius 3 is 2.53 bits per heavy atom. The lowest BCUT2D eigenvalue weighted by atomic mass is 10.1. The average Bonchev–Trinajstić information content (AvgIpc) is 3.50. The molecule has 5 heterocycles. The van der Waals surface area contributed by atoms with Crippen LogP contribution in [0, 0.1) is 11.3 Å². The van der Waals surface area contributed by atoms with Crippen LogP contribution in [0.15, 0.2) is 61.8 Å². The number of pyridine rings is 2. The highest BCUT2D eigenvalue weighted by Crippen LogP contribution is 2.32. The van der Waals surface area contributed by atoms with Crippen molar-refractivity contribution in [3.63, 3.8) is 0 Å². The summed E-state index contributed by atoms with van der Waals surface area (Å²) in [7, 11) is 1.89. The normalized spacial score (nSPS) is 13.6. The first-order valence-electron chi connectivity index (χ1n) is 10.9. The highest BCUT2D eigenvalue weighted by Gasteiger charge is 2.22. The maximum Gasteiger partial charge on any atom is 0.248 e. The number of nitrogens with one attached hydrogen (secondary N) is 1. The van der Waals surface area contributed by atoms with E-state index in [9.17, 15) is 10.1 Å². The fraction of sp³-hybridized carbons (Fsp3) is 0.208. The molecular weight excluding hydrogens is 430 g/mol. The van der Waals surface area contributed by atoms with Crippen molar-refractivity contribution in [3.05, 3.63) is 67.4 Å². The number of hydrogen-bond acceptors (Lipinski definition) is 7. The highest BCUT2D eigenvalue weighted by atomic mass is 16.1. The number of anilines is 3. The Kier molecular flexibility index (Phi) is 5.43. The van der Waals surface area contributed by atoms with Gasteiger partial charge in [0.25, 0.3) is 0 Å². The van der Waals surface area contributed by atoms with E-state index in [0.717, 1.165) is 54.2 Å². The van der Waals surface area contributed by atoms with Gasteiger partial charge in [0.15, 0.2) is 0 Å². The maximum atomic E-state index is 11.5. The molecule has 0 spiro atoms. The van der Waals surface area contributed by atoms with E-state index in [1.165, 1.54) is 6.08 Å². The number of aromatic nitrogens is 5. The van der Waals surface area contributed by atoms with Crippen molar-refractivity contribution in [2.24, 2.45) is 7.05 Å². The summed E-state index contributed by atoms with van der Waals surface area (Å²) in [5.41, 5.74) is 5.33. The maximum absolute atomic E-state index is 11.5. The Morgan fingerprint density at radius 1 is 1.09 bits per heavy atom. The van der Waals surface area contributed by atoms with Crippen LogP contribution in [-0.2, 0) is 11.8 Å². The summed E-state index contributed by atoms with van der Waals surface area (Å²) in [4.78, 5) is 20.3. The molecule has 1 amide bonds. The monoisotopic (exact) mass is 453 g/mol. The summed E-state index contributed by atoms with van der Waals surface area (Å²) in [6, 6.07) is 8.12. The molecule has 1 N–H and O–H groups in total. The Hall–Kier alpha value is -4.65. The van der Waals surface area contributed by atoms with Gasteiger partial charge in [-0.25, -0.2) is 9.50 Å². The van der Waals surface area contributed by atoms with Crippen LogP contribution >= 0.6 is 0 Å². The van der Waals surface area contributed by atoms with E-state index < -0.39 is 0 Å². The van der Waals surface area contributed by atoms with Gasteiger partial charge in [-0.1, -0.05) is 6.58 Å². The van der Waals surface area contributed by atoms with E-state index in [0.29, 0.717) is 11.4 Å². The van der Waals surface area contributed by atoms with E-state index in [1.807, 2.05) is 31.7 Å². The van der Waals surface area contributed by atoms with Gasteiger partial charge < -0.3 is 15.1 Å². The second-order valence-corrected chi connectivity index (χ2v) is 8.05. The number of fused-ring (bicyclic) bond motifs is 1. The molecule has 10 heteroatoms. The minimum absolute atomic E-state index is 0.287. The van der Waals surface area contributed by atoms with Gasteiger partial charge in [-0.05, 0) is 24.3 Å². The number of piperazine rings is 1. The SMILES string of the molecule is C=CC(=O)Nc1ccc(N2CCN(c3cc(-c4cnn(C)c4)cn4ncc(C#N)c34)CC2)cn1. The standard InChI is InChI=1S/C24H23N9O/c1-3-23(34)29-22-5-4-20(14-26-22)31-6-8-32(9-7-31)21-10-17(19-13-27-30(2)15-19)16-33-24(21)18(11-25)12-28-33/h3-5,10,12-16H,1,6-9H2,2H3,(H,26,29,34). The number of amides is 1. The van der Waals surface area contributed by atoms with Crippen molar-refractivity contribution >= 4 is 28.6 Å². The van der Waals surface area contributed by atoms with Gasteiger partial charge in [-0.3, -0.25) is 9.48 Å². The molecule has 1 aliphatic heterocycles. The van der Waals surface area contributed by atoms with Crippen molar-refractivity contribution in [1.82, 2.24) is 24.4 Å². The lowest BCUT2D eigenvalue weighted by molar-refractivity contribution is -0.111. The molecule has 10 nitrogen and oxygen atoms in total. The van der Waals surface area contributed by atoms with Crippen molar-refractivity contribution in [3.8, 4) is 17.2 Å². The fourth-order valence-corrected chi connectivity index (χ4v) is 4.18. The molecular formula is C24H23N9O. The summed E-state index contributed by atoms with van der Waals surface area (Å²) >= 11 is 0. The Morgan fingerprint density at radius 2 is 1.88 bits per heavy atom. The molecule has 1 fully saturated rings. The minimum Gasteiger partial charge on any atom is -0.367 e. The van der Waals surface area contributed by atoms with Crippen LogP contribution < -0.4 is 15.1 Å². The van der Waals surface area contributed by atoms with Crippen LogP contribution in [0.4, 0.5) is 17.2 Å². The van der Waals surface area contributed by atoms with Gasteiger partial charge >= 0.3 is 0 Å². The quantitative estimate of drug-likeness (QED) is 0.463. The smallest absolute Gasteiger partial charge is 0.248 e. The molecule has 1 aliphatic rings. The third-order valence-electron chi connectivity index (χ3n) is 5.92. The highest BCUT2D eigenvalue weighted by molar-refractivity contribution is 5.98. The first-order valence-corrected chi connectivity index (χ1v) is 10.9. The Balaban J connectivity index is 1.39. The first kappa shape index (κ1) is 21.2. The molecule has 0 saturated carbocycles. The van der Waals surface area contributed by atoms with E-state index in [4.69, 9.17) is 0 Å². The number of rotatable bonds is 5. The Labute approximate surface area is 196 Å². The fourth-order valence-electron chi connectivity index (χ4n) is 4.18. The molecule has 5 rings (SSSR count). The summed E-state index contributed by atoms with van der Waals surface area (Å²) in [6.45, 7) is 6.58. The first-order chi connectivity index (χ1) is 16.6. The van der Waals surface area contributed by atoms with Crippen molar-refractivity contribution in [1.29, 1.82) is 5.26 Å². The molecule has 0 atom stereocenters. The van der Waals surface area contributed by atoms with E-state index in [2.05, 4.69) is 49.0 Å². The molecule has 0 aliphatic carbocycles. The lowest BCUT2D eigenvalue weighted by Gasteiger charge is -2.37. The average molecular weight is 454 g/mol.